The van der Waals surface area contributed by atoms with Gasteiger partial charge in [0.05, 0.1) is 0 Å². The van der Waals surface area contributed by atoms with E-state index in [9.17, 15) is 0 Å². The summed E-state index contributed by atoms with van der Waals surface area (Å²) >= 11 is 0. The Bertz CT molecular complexity index is 420. The van der Waals surface area contributed by atoms with Gasteiger partial charge in [0.25, 0.3) is 0 Å². The van der Waals surface area contributed by atoms with Crippen molar-refractivity contribution in [1.29, 1.82) is 0 Å². The Kier molecular flexibility index (Phi) is 4.53. The number of piperazine rings is 1. The molecule has 1 saturated carbocycles. The zero-order valence-corrected chi connectivity index (χ0v) is 12.5. The highest BCUT2D eigenvalue weighted by Crippen LogP contribution is 2.25. The zero-order chi connectivity index (χ0) is 13.8. The Balaban J connectivity index is 1.58. The molecule has 1 aliphatic carbocycles. The summed E-state index contributed by atoms with van der Waals surface area (Å²) in [7, 11) is 1.99. The highest BCUT2D eigenvalue weighted by atomic mass is 15.3. The fourth-order valence-electron chi connectivity index (χ4n) is 3.53. The SMILES string of the molecule is CNCc1ccnc(N2CCN(C3CCCC3)CC2)c1. The van der Waals surface area contributed by atoms with Crippen LogP contribution in [0.3, 0.4) is 0 Å². The summed E-state index contributed by atoms with van der Waals surface area (Å²) < 4.78 is 0. The molecule has 2 aliphatic rings. The Morgan fingerprint density at radius 3 is 2.65 bits per heavy atom. The standard InChI is InChI=1S/C16H26N4/c1-17-13-14-6-7-18-16(12-14)20-10-8-19(9-11-20)15-4-2-3-5-15/h6-7,12,15,17H,2-5,8-11,13H2,1H3. The van der Waals surface area contributed by atoms with E-state index in [4.69, 9.17) is 0 Å². The molecule has 0 spiro atoms. The molecule has 1 aromatic rings. The number of anilines is 1. The van der Waals surface area contributed by atoms with E-state index in [1.165, 1.54) is 44.3 Å². The highest BCUT2D eigenvalue weighted by molar-refractivity contribution is 5.41. The molecule has 3 rings (SSSR count). The molecule has 1 saturated heterocycles. The van der Waals surface area contributed by atoms with Crippen molar-refractivity contribution in [3.63, 3.8) is 0 Å². The maximum Gasteiger partial charge on any atom is 0.128 e. The first-order chi connectivity index (χ1) is 9.86. The summed E-state index contributed by atoms with van der Waals surface area (Å²) in [4.78, 5) is 9.68. The van der Waals surface area contributed by atoms with Gasteiger partial charge in [-0.2, -0.15) is 0 Å². The monoisotopic (exact) mass is 274 g/mol. The molecule has 2 fully saturated rings. The van der Waals surface area contributed by atoms with Crippen molar-refractivity contribution in [2.75, 3.05) is 38.1 Å². The number of nitrogens with zero attached hydrogens (tertiary/aromatic N) is 3. The van der Waals surface area contributed by atoms with Crippen LogP contribution >= 0.6 is 0 Å². The summed E-state index contributed by atoms with van der Waals surface area (Å²) in [5.41, 5.74) is 1.32. The van der Waals surface area contributed by atoms with E-state index in [0.717, 1.165) is 31.5 Å². The quantitative estimate of drug-likeness (QED) is 0.908. The smallest absolute Gasteiger partial charge is 0.128 e. The van der Waals surface area contributed by atoms with Gasteiger partial charge in [-0.05, 0) is 37.6 Å². The first-order valence-corrected chi connectivity index (χ1v) is 7.95. The predicted octanol–water partition coefficient (Wildman–Crippen LogP) is 1.87. The average molecular weight is 274 g/mol. The maximum absolute atomic E-state index is 4.55. The minimum atomic E-state index is 0.862. The van der Waals surface area contributed by atoms with Gasteiger partial charge in [-0.3, -0.25) is 4.90 Å². The molecule has 0 aromatic carbocycles. The van der Waals surface area contributed by atoms with Gasteiger partial charge in [-0.25, -0.2) is 4.98 Å². The molecule has 1 aromatic heterocycles. The Morgan fingerprint density at radius 1 is 1.20 bits per heavy atom. The van der Waals surface area contributed by atoms with Gasteiger partial charge in [-0.15, -0.1) is 0 Å². The van der Waals surface area contributed by atoms with E-state index >= 15 is 0 Å². The number of aromatic nitrogens is 1. The lowest BCUT2D eigenvalue weighted by Gasteiger charge is -2.38. The zero-order valence-electron chi connectivity index (χ0n) is 12.5. The Hall–Kier alpha value is -1.13. The van der Waals surface area contributed by atoms with Crippen LogP contribution in [0.4, 0.5) is 5.82 Å². The van der Waals surface area contributed by atoms with Crippen molar-refractivity contribution < 1.29 is 0 Å². The molecular formula is C16H26N4. The van der Waals surface area contributed by atoms with Crippen molar-refractivity contribution >= 4 is 5.82 Å². The second-order valence-electron chi connectivity index (χ2n) is 6.01. The van der Waals surface area contributed by atoms with E-state index in [1.807, 2.05) is 13.2 Å². The van der Waals surface area contributed by atoms with Crippen molar-refractivity contribution in [2.24, 2.45) is 0 Å². The Morgan fingerprint density at radius 2 is 1.95 bits per heavy atom. The van der Waals surface area contributed by atoms with Crippen molar-refractivity contribution in [3.05, 3.63) is 23.9 Å². The van der Waals surface area contributed by atoms with Crippen LogP contribution in [0.15, 0.2) is 18.3 Å². The van der Waals surface area contributed by atoms with Gasteiger partial charge in [0.2, 0.25) is 0 Å². The molecule has 1 N–H and O–H groups in total. The molecule has 2 heterocycles. The molecule has 0 amide bonds. The van der Waals surface area contributed by atoms with Gasteiger partial charge in [0.1, 0.15) is 5.82 Å². The van der Waals surface area contributed by atoms with Gasteiger partial charge in [-0.1, -0.05) is 12.8 Å². The first-order valence-electron chi connectivity index (χ1n) is 7.95. The second kappa shape index (κ2) is 6.55. The first kappa shape index (κ1) is 13.8. The minimum absolute atomic E-state index is 0.862. The lowest BCUT2D eigenvalue weighted by Crippen LogP contribution is -2.50. The van der Waals surface area contributed by atoms with Crippen LogP contribution in [0.5, 0.6) is 0 Å². The van der Waals surface area contributed by atoms with E-state index in [-0.39, 0.29) is 0 Å². The van der Waals surface area contributed by atoms with E-state index < -0.39 is 0 Å². The van der Waals surface area contributed by atoms with Crippen LogP contribution in [0.25, 0.3) is 0 Å². The molecule has 0 bridgehead atoms. The topological polar surface area (TPSA) is 31.4 Å². The summed E-state index contributed by atoms with van der Waals surface area (Å²) in [5, 5.41) is 3.20. The van der Waals surface area contributed by atoms with Crippen molar-refractivity contribution in [3.8, 4) is 0 Å². The summed E-state index contributed by atoms with van der Waals surface area (Å²) in [6, 6.07) is 5.18. The third-order valence-electron chi connectivity index (χ3n) is 4.67. The lowest BCUT2D eigenvalue weighted by atomic mass is 10.1. The van der Waals surface area contributed by atoms with Gasteiger partial charge < -0.3 is 10.2 Å². The van der Waals surface area contributed by atoms with Crippen LogP contribution in [-0.4, -0.2) is 49.2 Å². The van der Waals surface area contributed by atoms with E-state index in [1.54, 1.807) is 0 Å². The predicted molar refractivity (Wildman–Crippen MR) is 83.0 cm³/mol. The summed E-state index contributed by atoms with van der Waals surface area (Å²) in [6.45, 7) is 5.54. The van der Waals surface area contributed by atoms with Crippen molar-refractivity contribution in [1.82, 2.24) is 15.2 Å². The molecule has 110 valence electrons. The fraction of sp³-hybridized carbons (Fsp3) is 0.688. The van der Waals surface area contributed by atoms with Crippen LogP contribution in [-0.2, 0) is 6.54 Å². The highest BCUT2D eigenvalue weighted by Gasteiger charge is 2.26. The van der Waals surface area contributed by atoms with Crippen molar-refractivity contribution in [2.45, 2.75) is 38.3 Å². The average Bonchev–Trinajstić information content (AvgIpc) is 3.02. The van der Waals surface area contributed by atoms with E-state index in [2.05, 4.69) is 32.2 Å². The number of hydrogen-bond donors (Lipinski definition) is 1. The molecule has 4 heteroatoms. The number of rotatable bonds is 4. The third-order valence-corrected chi connectivity index (χ3v) is 4.67. The lowest BCUT2D eigenvalue weighted by molar-refractivity contribution is 0.187. The van der Waals surface area contributed by atoms with Crippen LogP contribution in [0.2, 0.25) is 0 Å². The van der Waals surface area contributed by atoms with E-state index in [0.29, 0.717) is 0 Å². The summed E-state index contributed by atoms with van der Waals surface area (Å²) in [5.74, 6) is 1.14. The molecule has 0 atom stereocenters. The summed E-state index contributed by atoms with van der Waals surface area (Å²) in [6.07, 6.45) is 7.62. The molecule has 1 aliphatic heterocycles. The molecular weight excluding hydrogens is 248 g/mol. The largest absolute Gasteiger partial charge is 0.354 e. The van der Waals surface area contributed by atoms with Crippen LogP contribution in [0.1, 0.15) is 31.2 Å². The second-order valence-corrected chi connectivity index (χ2v) is 6.01. The van der Waals surface area contributed by atoms with Crippen LogP contribution < -0.4 is 10.2 Å². The van der Waals surface area contributed by atoms with Gasteiger partial charge >= 0.3 is 0 Å². The molecule has 0 radical (unpaired) electrons. The maximum atomic E-state index is 4.55. The number of hydrogen-bond acceptors (Lipinski definition) is 4. The fourth-order valence-corrected chi connectivity index (χ4v) is 3.53. The molecule has 20 heavy (non-hydrogen) atoms. The number of pyridine rings is 1. The minimum Gasteiger partial charge on any atom is -0.354 e. The molecule has 0 unspecified atom stereocenters. The Labute approximate surface area is 122 Å². The number of nitrogens with one attached hydrogen (secondary N) is 1. The van der Waals surface area contributed by atoms with Gasteiger partial charge in [0, 0.05) is 45.0 Å². The van der Waals surface area contributed by atoms with Gasteiger partial charge in [0.15, 0.2) is 0 Å². The third kappa shape index (κ3) is 3.13. The van der Waals surface area contributed by atoms with Crippen LogP contribution in [0, 0.1) is 0 Å². The normalized spacial score (nSPS) is 21.6. The molecule has 4 nitrogen and oxygen atoms in total.